The van der Waals surface area contributed by atoms with Crippen LogP contribution in [0.15, 0.2) is 16.6 Å². The van der Waals surface area contributed by atoms with Crippen LogP contribution < -0.4 is 0 Å². The summed E-state index contributed by atoms with van der Waals surface area (Å²) in [5.41, 5.74) is 3.39. The van der Waals surface area contributed by atoms with E-state index in [1.165, 1.54) is 11.1 Å². The summed E-state index contributed by atoms with van der Waals surface area (Å²) >= 11 is 3.55. The van der Waals surface area contributed by atoms with Crippen LogP contribution in [0.25, 0.3) is 5.69 Å². The molecule has 0 atom stereocenters. The molecule has 0 N–H and O–H groups in total. The van der Waals surface area contributed by atoms with E-state index in [0.29, 0.717) is 0 Å². The first-order valence-electron chi connectivity index (χ1n) is 5.18. The van der Waals surface area contributed by atoms with Crippen molar-refractivity contribution < 1.29 is 0 Å². The molecular formula is C11H13BrN4. The van der Waals surface area contributed by atoms with E-state index < -0.39 is 0 Å². The van der Waals surface area contributed by atoms with Gasteiger partial charge >= 0.3 is 0 Å². The van der Waals surface area contributed by atoms with Crippen molar-refractivity contribution in [3.63, 3.8) is 0 Å². The molecule has 0 fully saturated rings. The van der Waals surface area contributed by atoms with E-state index in [1.807, 2.05) is 6.92 Å². The van der Waals surface area contributed by atoms with Gasteiger partial charge < -0.3 is 0 Å². The van der Waals surface area contributed by atoms with Crippen molar-refractivity contribution in [1.29, 1.82) is 0 Å². The van der Waals surface area contributed by atoms with Crippen molar-refractivity contribution in [2.75, 3.05) is 0 Å². The second-order valence-electron chi connectivity index (χ2n) is 3.75. The lowest BCUT2D eigenvalue weighted by Crippen LogP contribution is -2.03. The quantitative estimate of drug-likeness (QED) is 0.849. The fourth-order valence-electron chi connectivity index (χ4n) is 1.67. The zero-order valence-electron chi connectivity index (χ0n) is 9.53. The SMILES string of the molecule is CCc1nnnn1-c1cc(C)c(Br)c(C)c1. The zero-order valence-corrected chi connectivity index (χ0v) is 11.1. The summed E-state index contributed by atoms with van der Waals surface area (Å²) in [6, 6.07) is 4.15. The van der Waals surface area contributed by atoms with Crippen LogP contribution in [0.4, 0.5) is 0 Å². The monoisotopic (exact) mass is 280 g/mol. The first-order chi connectivity index (χ1) is 7.63. The van der Waals surface area contributed by atoms with Crippen molar-refractivity contribution in [3.8, 4) is 5.69 Å². The van der Waals surface area contributed by atoms with E-state index in [9.17, 15) is 0 Å². The molecule has 1 aromatic carbocycles. The molecule has 1 heterocycles. The van der Waals surface area contributed by atoms with Crippen LogP contribution >= 0.6 is 15.9 Å². The summed E-state index contributed by atoms with van der Waals surface area (Å²) in [6.07, 6.45) is 0.821. The number of tetrazole rings is 1. The van der Waals surface area contributed by atoms with Crippen molar-refractivity contribution in [1.82, 2.24) is 20.2 Å². The van der Waals surface area contributed by atoms with Gasteiger partial charge in [0.25, 0.3) is 0 Å². The largest absolute Gasteiger partial charge is 0.197 e. The van der Waals surface area contributed by atoms with E-state index in [1.54, 1.807) is 4.68 Å². The minimum atomic E-state index is 0.821. The maximum atomic E-state index is 4.01. The van der Waals surface area contributed by atoms with E-state index in [0.717, 1.165) is 22.4 Å². The number of aromatic nitrogens is 4. The molecule has 2 aromatic rings. The molecule has 2 rings (SSSR count). The van der Waals surface area contributed by atoms with Gasteiger partial charge in [-0.2, -0.15) is 4.68 Å². The highest BCUT2D eigenvalue weighted by Gasteiger charge is 2.09. The second-order valence-corrected chi connectivity index (χ2v) is 4.55. The smallest absolute Gasteiger partial charge is 0.156 e. The van der Waals surface area contributed by atoms with E-state index >= 15 is 0 Å². The van der Waals surface area contributed by atoms with Crippen LogP contribution in [0.3, 0.4) is 0 Å². The molecule has 0 aliphatic heterocycles. The molecule has 0 saturated heterocycles. The lowest BCUT2D eigenvalue weighted by atomic mass is 10.1. The number of hydrogen-bond donors (Lipinski definition) is 0. The molecule has 0 aliphatic carbocycles. The van der Waals surface area contributed by atoms with E-state index in [4.69, 9.17) is 0 Å². The van der Waals surface area contributed by atoms with Crippen molar-refractivity contribution >= 4 is 15.9 Å². The first kappa shape index (κ1) is 11.3. The molecule has 0 aliphatic rings. The average molecular weight is 281 g/mol. The van der Waals surface area contributed by atoms with Gasteiger partial charge in [0, 0.05) is 10.9 Å². The summed E-state index contributed by atoms with van der Waals surface area (Å²) in [5.74, 6) is 0.876. The Hall–Kier alpha value is -1.23. The van der Waals surface area contributed by atoms with Gasteiger partial charge in [0.1, 0.15) is 0 Å². The Balaban J connectivity index is 2.57. The number of hydrogen-bond acceptors (Lipinski definition) is 3. The molecule has 0 saturated carbocycles. The molecular weight excluding hydrogens is 268 g/mol. The van der Waals surface area contributed by atoms with Crippen LogP contribution in [0.5, 0.6) is 0 Å². The summed E-state index contributed by atoms with van der Waals surface area (Å²) in [6.45, 7) is 6.17. The Morgan fingerprint density at radius 2 is 1.88 bits per heavy atom. The highest BCUT2D eigenvalue weighted by atomic mass is 79.9. The third-order valence-electron chi connectivity index (χ3n) is 2.52. The molecule has 0 bridgehead atoms. The van der Waals surface area contributed by atoms with Gasteiger partial charge in [0.2, 0.25) is 0 Å². The van der Waals surface area contributed by atoms with Crippen LogP contribution in [0.2, 0.25) is 0 Å². The Bertz CT molecular complexity index is 495. The van der Waals surface area contributed by atoms with Gasteiger partial charge in [0.05, 0.1) is 5.69 Å². The van der Waals surface area contributed by atoms with Crippen molar-refractivity contribution in [2.24, 2.45) is 0 Å². The van der Waals surface area contributed by atoms with Gasteiger partial charge in [0.15, 0.2) is 5.82 Å². The van der Waals surface area contributed by atoms with E-state index in [-0.39, 0.29) is 0 Å². The van der Waals surface area contributed by atoms with Crippen LogP contribution in [0.1, 0.15) is 23.9 Å². The van der Waals surface area contributed by atoms with Crippen molar-refractivity contribution in [2.45, 2.75) is 27.2 Å². The summed E-state index contributed by atoms with van der Waals surface area (Å²) in [7, 11) is 0. The highest BCUT2D eigenvalue weighted by molar-refractivity contribution is 9.10. The van der Waals surface area contributed by atoms with Crippen LogP contribution in [0, 0.1) is 13.8 Å². The normalized spacial score (nSPS) is 10.8. The second kappa shape index (κ2) is 4.33. The fraction of sp³-hybridized carbons (Fsp3) is 0.364. The van der Waals surface area contributed by atoms with Gasteiger partial charge in [-0.3, -0.25) is 0 Å². The predicted molar refractivity (Wildman–Crippen MR) is 65.7 cm³/mol. The Labute approximate surface area is 103 Å². The lowest BCUT2D eigenvalue weighted by Gasteiger charge is -2.08. The lowest BCUT2D eigenvalue weighted by molar-refractivity contribution is 0.765. The molecule has 0 amide bonds. The maximum Gasteiger partial charge on any atom is 0.156 e. The standard InChI is InChI=1S/C11H13BrN4/c1-4-10-13-14-15-16(10)9-5-7(2)11(12)8(3)6-9/h5-6H,4H2,1-3H3. The summed E-state index contributed by atoms with van der Waals surface area (Å²) < 4.78 is 2.93. The molecule has 0 spiro atoms. The molecule has 0 radical (unpaired) electrons. The van der Waals surface area contributed by atoms with Gasteiger partial charge in [-0.1, -0.05) is 22.9 Å². The van der Waals surface area contributed by atoms with Crippen molar-refractivity contribution in [3.05, 3.63) is 33.6 Å². The Morgan fingerprint density at radius 3 is 2.44 bits per heavy atom. The number of halogens is 1. The fourth-order valence-corrected chi connectivity index (χ4v) is 1.90. The molecule has 5 heteroatoms. The third-order valence-corrected chi connectivity index (χ3v) is 3.77. The highest BCUT2D eigenvalue weighted by Crippen LogP contribution is 2.24. The minimum absolute atomic E-state index is 0.821. The topological polar surface area (TPSA) is 43.6 Å². The average Bonchev–Trinajstić information content (AvgIpc) is 2.73. The third kappa shape index (κ3) is 1.87. The summed E-state index contributed by atoms with van der Waals surface area (Å²) in [5, 5.41) is 11.7. The Kier molecular flexibility index (Phi) is 3.05. The molecule has 4 nitrogen and oxygen atoms in total. The molecule has 16 heavy (non-hydrogen) atoms. The number of aryl methyl sites for hydroxylation is 3. The molecule has 1 aromatic heterocycles. The minimum Gasteiger partial charge on any atom is -0.197 e. The molecule has 0 unspecified atom stereocenters. The number of nitrogens with zero attached hydrogens (tertiary/aromatic N) is 4. The van der Waals surface area contributed by atoms with Gasteiger partial charge in [-0.05, 0) is 47.5 Å². The number of benzene rings is 1. The Morgan fingerprint density at radius 1 is 1.25 bits per heavy atom. The zero-order chi connectivity index (χ0) is 11.7. The summed E-state index contributed by atoms with van der Waals surface area (Å²) in [4.78, 5) is 0. The van der Waals surface area contributed by atoms with E-state index in [2.05, 4.69) is 57.4 Å². The van der Waals surface area contributed by atoms with Crippen LogP contribution in [-0.2, 0) is 6.42 Å². The first-order valence-corrected chi connectivity index (χ1v) is 5.97. The predicted octanol–water partition coefficient (Wildman–Crippen LogP) is 2.60. The van der Waals surface area contributed by atoms with Gasteiger partial charge in [-0.15, -0.1) is 5.10 Å². The molecule has 84 valence electrons. The maximum absolute atomic E-state index is 4.01. The number of rotatable bonds is 2. The van der Waals surface area contributed by atoms with Crippen LogP contribution in [-0.4, -0.2) is 20.2 Å². The van der Waals surface area contributed by atoms with Gasteiger partial charge in [-0.25, -0.2) is 0 Å².